The summed E-state index contributed by atoms with van der Waals surface area (Å²) in [6.45, 7) is 33.1. The molecule has 1 atom stereocenters. The molecule has 0 radical (unpaired) electrons. The third-order valence-corrected chi connectivity index (χ3v) is 9.00. The van der Waals surface area contributed by atoms with Crippen LogP contribution in [-0.2, 0) is 11.8 Å². The lowest BCUT2D eigenvalue weighted by Gasteiger charge is -2.37. The van der Waals surface area contributed by atoms with Gasteiger partial charge in [-0.25, -0.2) is 0 Å². The molecule has 0 bridgehead atoms. The van der Waals surface area contributed by atoms with E-state index in [2.05, 4.69) is 129 Å². The highest BCUT2D eigenvalue weighted by Crippen LogP contribution is 2.56. The molecule has 2 aliphatic carbocycles. The lowest BCUT2D eigenvalue weighted by atomic mass is 9.65. The summed E-state index contributed by atoms with van der Waals surface area (Å²) in [5.41, 5.74) is 11.7. The van der Waals surface area contributed by atoms with Gasteiger partial charge in [0.05, 0.1) is 5.41 Å². The van der Waals surface area contributed by atoms with Gasteiger partial charge in [-0.15, -0.1) is 0 Å². The molecule has 296 valence electrons. The van der Waals surface area contributed by atoms with Crippen LogP contribution in [-0.4, -0.2) is 11.7 Å². The zero-order valence-corrected chi connectivity index (χ0v) is 36.1. The Balaban J connectivity index is 0.00000184. The Labute approximate surface area is 342 Å². The fourth-order valence-corrected chi connectivity index (χ4v) is 6.76. The van der Waals surface area contributed by atoms with E-state index in [0.29, 0.717) is 0 Å². The molecule has 0 saturated heterocycles. The highest BCUT2D eigenvalue weighted by Gasteiger charge is 2.47. The lowest BCUT2D eigenvalue weighted by molar-refractivity contribution is 0.436. The number of hydrogen-bond acceptors (Lipinski definition) is 2. The molecular weight excluding hydrogens is 679 g/mol. The minimum absolute atomic E-state index is 0.140. The van der Waals surface area contributed by atoms with Crippen LogP contribution in [0.25, 0.3) is 11.1 Å². The molecule has 1 aliphatic heterocycles. The molecule has 2 aromatic carbocycles. The normalized spacial score (nSPS) is 17.5. The van der Waals surface area contributed by atoms with Gasteiger partial charge >= 0.3 is 0 Å². The predicted octanol–water partition coefficient (Wildman–Crippen LogP) is 15.4. The molecule has 1 unspecified atom stereocenters. The Morgan fingerprint density at radius 1 is 0.857 bits per heavy atom. The van der Waals surface area contributed by atoms with Crippen LogP contribution in [0.2, 0.25) is 0 Å². The van der Waals surface area contributed by atoms with Gasteiger partial charge in [-0.1, -0.05) is 209 Å². The molecule has 2 aromatic rings. The van der Waals surface area contributed by atoms with Crippen LogP contribution < -0.4 is 5.32 Å². The van der Waals surface area contributed by atoms with Crippen LogP contribution in [0.1, 0.15) is 97.9 Å². The zero-order chi connectivity index (χ0) is 41.9. The van der Waals surface area contributed by atoms with Gasteiger partial charge in [0.2, 0.25) is 0 Å². The monoisotopic (exact) mass is 748 g/mol. The standard InChI is InChI=1S/C46H45NO.4C2H6/c1-6-20-40-42-32-35(21-17-18-22-36(7-2)34(5)31-41(45(48)9-4)37-23-13-12-14-24-37)28-29-44(42)46(43(40)8-3,39-27-19-30-47-33-39)38-25-15-10-11-16-26-38;4*1-2/h6-10,12-20,22-29,31-33,47-48H,2-4,11,21,30H2,1,5H3;4*1-2H3/b18-17-,20-6-,34-31+,36-22+,45-41-;;;;. The predicted molar refractivity (Wildman–Crippen MR) is 253 cm³/mol. The van der Waals surface area contributed by atoms with E-state index < -0.39 is 5.41 Å². The summed E-state index contributed by atoms with van der Waals surface area (Å²) in [7, 11) is 0. The molecule has 56 heavy (non-hydrogen) atoms. The second kappa shape index (κ2) is 27.1. The molecule has 3 aliphatic rings. The van der Waals surface area contributed by atoms with Gasteiger partial charge in [0.1, 0.15) is 5.76 Å². The largest absolute Gasteiger partial charge is 0.507 e. The number of aliphatic hydroxyl groups is 1. The average Bonchev–Trinajstić information content (AvgIpc) is 3.38. The summed E-state index contributed by atoms with van der Waals surface area (Å²) in [4.78, 5) is 0. The molecule has 2 N–H and O–H groups in total. The average molecular weight is 748 g/mol. The number of nitrogens with one attached hydrogen (secondary N) is 1. The molecule has 0 spiro atoms. The second-order valence-electron chi connectivity index (χ2n) is 11.9. The molecular formula is C54H69NO. The quantitative estimate of drug-likeness (QED) is 0.167. The van der Waals surface area contributed by atoms with Crippen molar-refractivity contribution in [1.29, 1.82) is 0 Å². The van der Waals surface area contributed by atoms with Crippen molar-refractivity contribution in [1.82, 2.24) is 5.32 Å². The first kappa shape index (κ1) is 48.4. The topological polar surface area (TPSA) is 32.3 Å². The first-order chi connectivity index (χ1) is 27.5. The van der Waals surface area contributed by atoms with Gasteiger partial charge in [0.25, 0.3) is 0 Å². The van der Waals surface area contributed by atoms with Gasteiger partial charge in [-0.2, -0.15) is 0 Å². The smallest absolute Gasteiger partial charge is 0.122 e. The maximum atomic E-state index is 10.6. The summed E-state index contributed by atoms with van der Waals surface area (Å²) >= 11 is 0. The summed E-state index contributed by atoms with van der Waals surface area (Å²) in [6, 6.07) is 16.7. The van der Waals surface area contributed by atoms with Crippen molar-refractivity contribution in [2.45, 2.75) is 87.5 Å². The van der Waals surface area contributed by atoms with Gasteiger partial charge in [-0.05, 0) is 94.5 Å². The van der Waals surface area contributed by atoms with E-state index in [0.717, 1.165) is 41.7 Å². The van der Waals surface area contributed by atoms with Crippen molar-refractivity contribution in [3.8, 4) is 0 Å². The number of fused-ring (bicyclic) bond motifs is 1. The Hall–Kier alpha value is -5.60. The Kier molecular flexibility index (Phi) is 23.4. The van der Waals surface area contributed by atoms with Crippen molar-refractivity contribution < 1.29 is 5.11 Å². The number of rotatable bonds is 12. The summed E-state index contributed by atoms with van der Waals surface area (Å²) in [5.74, 6) is 0.140. The van der Waals surface area contributed by atoms with Gasteiger partial charge in [0, 0.05) is 18.3 Å². The highest BCUT2D eigenvalue weighted by atomic mass is 16.3. The molecule has 1 heterocycles. The van der Waals surface area contributed by atoms with Crippen LogP contribution >= 0.6 is 0 Å². The Morgan fingerprint density at radius 3 is 2.16 bits per heavy atom. The maximum absolute atomic E-state index is 10.6. The van der Waals surface area contributed by atoms with E-state index in [1.807, 2.05) is 111 Å². The fraction of sp³-hybridized carbons (Fsp3) is 0.259. The van der Waals surface area contributed by atoms with Crippen molar-refractivity contribution in [2.75, 3.05) is 6.54 Å². The lowest BCUT2D eigenvalue weighted by Crippen LogP contribution is -2.32. The highest BCUT2D eigenvalue weighted by molar-refractivity contribution is 5.92. The minimum atomic E-state index is -0.478. The summed E-state index contributed by atoms with van der Waals surface area (Å²) in [6.07, 6.45) is 37.5. The Morgan fingerprint density at radius 2 is 1.55 bits per heavy atom. The van der Waals surface area contributed by atoms with Crippen LogP contribution in [0.4, 0.5) is 0 Å². The number of hydrogen-bond donors (Lipinski definition) is 2. The molecule has 0 saturated carbocycles. The van der Waals surface area contributed by atoms with Crippen molar-refractivity contribution >= 4 is 11.1 Å². The molecule has 0 aromatic heterocycles. The van der Waals surface area contributed by atoms with Gasteiger partial charge in [0.15, 0.2) is 0 Å². The molecule has 2 heteroatoms. The van der Waals surface area contributed by atoms with Gasteiger partial charge < -0.3 is 10.4 Å². The molecule has 0 fully saturated rings. The van der Waals surface area contributed by atoms with Gasteiger partial charge in [-0.3, -0.25) is 0 Å². The third-order valence-electron chi connectivity index (χ3n) is 9.00. The van der Waals surface area contributed by atoms with Crippen molar-refractivity contribution in [2.24, 2.45) is 0 Å². The number of benzene rings is 2. The Bertz CT molecular complexity index is 1920. The molecule has 0 amide bonds. The van der Waals surface area contributed by atoms with E-state index >= 15 is 0 Å². The summed E-state index contributed by atoms with van der Waals surface area (Å²) in [5, 5.41) is 14.1. The van der Waals surface area contributed by atoms with Crippen LogP contribution in [0.5, 0.6) is 0 Å². The van der Waals surface area contributed by atoms with E-state index in [1.165, 1.54) is 45.1 Å². The maximum Gasteiger partial charge on any atom is 0.122 e. The zero-order valence-electron chi connectivity index (χ0n) is 36.1. The van der Waals surface area contributed by atoms with Crippen molar-refractivity contribution in [3.63, 3.8) is 0 Å². The van der Waals surface area contributed by atoms with Crippen LogP contribution in [0.3, 0.4) is 0 Å². The summed E-state index contributed by atoms with van der Waals surface area (Å²) < 4.78 is 0. The number of aliphatic hydroxyl groups excluding tert-OH is 1. The minimum Gasteiger partial charge on any atom is -0.507 e. The SMILES string of the molecule is C=CC1=C(/C=C\C)c2cc(C\C=C/C=C(C=C)/C(C)=C/C(=C(/O)C=C)c3ccccc3)ccc2C1(C1=CC=CCC=C1)C1=CNCC=C1.CC.CC.CC.CC. The third kappa shape index (κ3) is 11.7. The van der Waals surface area contributed by atoms with Crippen LogP contribution in [0.15, 0.2) is 205 Å². The molecule has 5 rings (SSSR count). The van der Waals surface area contributed by atoms with E-state index in [-0.39, 0.29) is 5.76 Å². The first-order valence-electron chi connectivity index (χ1n) is 20.6. The van der Waals surface area contributed by atoms with E-state index in [1.54, 1.807) is 0 Å². The van der Waals surface area contributed by atoms with E-state index in [4.69, 9.17) is 0 Å². The number of dihydropyridines is 1. The fourth-order valence-electron chi connectivity index (χ4n) is 6.76. The number of allylic oxidation sites excluding steroid dienone is 22. The van der Waals surface area contributed by atoms with Crippen molar-refractivity contribution in [3.05, 3.63) is 228 Å². The first-order valence-corrected chi connectivity index (χ1v) is 20.6. The second-order valence-corrected chi connectivity index (χ2v) is 11.9. The molecule has 2 nitrogen and oxygen atoms in total. The van der Waals surface area contributed by atoms with E-state index in [9.17, 15) is 5.11 Å². The van der Waals surface area contributed by atoms with Crippen LogP contribution in [0, 0.1) is 0 Å².